The lowest BCUT2D eigenvalue weighted by atomic mass is 9.84. The van der Waals surface area contributed by atoms with E-state index in [0.29, 0.717) is 0 Å². The first-order valence-corrected chi connectivity index (χ1v) is 12.6. The molecule has 2 heteroatoms. The zero-order chi connectivity index (χ0) is 22.7. The number of para-hydroxylation sites is 1. The Kier molecular flexibility index (Phi) is 3.27. The first-order valence-electron chi connectivity index (χ1n) is 12.6. The average Bonchev–Trinajstić information content (AvgIpc) is 3.47. The molecular weight excluding hydrogens is 424 g/mol. The summed E-state index contributed by atoms with van der Waals surface area (Å²) in [6.07, 6.45) is 8.01. The molecule has 4 aromatic carbocycles. The Hall–Kier alpha value is -4.17. The van der Waals surface area contributed by atoms with Crippen LogP contribution in [0.15, 0.2) is 85.2 Å². The Morgan fingerprint density at radius 3 is 2.23 bits per heavy atom. The molecule has 1 aromatic heterocycles. The summed E-state index contributed by atoms with van der Waals surface area (Å²) in [5.41, 5.74) is 21.4. The molecule has 0 bridgehead atoms. The van der Waals surface area contributed by atoms with Gasteiger partial charge in [-0.15, -0.1) is 0 Å². The van der Waals surface area contributed by atoms with Gasteiger partial charge in [-0.2, -0.15) is 0 Å². The van der Waals surface area contributed by atoms with Crippen molar-refractivity contribution in [3.8, 4) is 22.3 Å². The van der Waals surface area contributed by atoms with Crippen LogP contribution in [0.5, 0.6) is 0 Å². The van der Waals surface area contributed by atoms with Crippen LogP contribution < -0.4 is 4.90 Å². The monoisotopic (exact) mass is 446 g/mol. The van der Waals surface area contributed by atoms with Crippen LogP contribution in [0.25, 0.3) is 22.3 Å². The maximum absolute atomic E-state index is 4.45. The van der Waals surface area contributed by atoms with Crippen molar-refractivity contribution in [2.45, 2.75) is 25.7 Å². The lowest BCUT2D eigenvalue weighted by Crippen LogP contribution is -2.25. The Balaban J connectivity index is 1.31. The lowest BCUT2D eigenvalue weighted by molar-refractivity contribution is 1.00. The summed E-state index contributed by atoms with van der Waals surface area (Å²) in [5, 5.41) is 0. The molecule has 0 fully saturated rings. The molecule has 2 aliphatic carbocycles. The second-order valence-corrected chi connectivity index (χ2v) is 10.4. The fourth-order valence-electron chi connectivity index (χ4n) is 7.23. The van der Waals surface area contributed by atoms with Crippen molar-refractivity contribution >= 4 is 17.1 Å². The van der Waals surface area contributed by atoms with Gasteiger partial charge in [0.15, 0.2) is 0 Å². The molecule has 0 atom stereocenters. The number of benzene rings is 4. The average molecular weight is 447 g/mol. The number of rotatable bonds is 0. The van der Waals surface area contributed by atoms with E-state index >= 15 is 0 Å². The van der Waals surface area contributed by atoms with E-state index in [1.165, 1.54) is 83.8 Å². The van der Waals surface area contributed by atoms with Crippen molar-refractivity contribution in [2.75, 3.05) is 4.90 Å². The highest BCUT2D eigenvalue weighted by atomic mass is 15.2. The van der Waals surface area contributed by atoms with Crippen LogP contribution in [0.3, 0.4) is 0 Å². The Labute approximate surface area is 204 Å². The molecule has 0 unspecified atom stereocenters. The van der Waals surface area contributed by atoms with Crippen molar-refractivity contribution < 1.29 is 0 Å². The molecule has 3 heterocycles. The summed E-state index contributed by atoms with van der Waals surface area (Å²) in [7, 11) is 0. The van der Waals surface area contributed by atoms with Gasteiger partial charge >= 0.3 is 0 Å². The number of hydrogen-bond donors (Lipinski definition) is 0. The second-order valence-electron chi connectivity index (χ2n) is 10.4. The van der Waals surface area contributed by atoms with E-state index in [1.807, 2.05) is 12.4 Å². The van der Waals surface area contributed by atoms with E-state index < -0.39 is 0 Å². The van der Waals surface area contributed by atoms with Crippen molar-refractivity contribution in [1.82, 2.24) is 4.98 Å². The predicted octanol–water partition coefficient (Wildman–Crippen LogP) is 7.50. The zero-order valence-electron chi connectivity index (χ0n) is 19.3. The van der Waals surface area contributed by atoms with Gasteiger partial charge in [0.05, 0.1) is 17.1 Å². The lowest BCUT2D eigenvalue weighted by Gasteiger charge is -2.40. The molecule has 35 heavy (non-hydrogen) atoms. The topological polar surface area (TPSA) is 16.1 Å². The van der Waals surface area contributed by atoms with Gasteiger partial charge in [-0.05, 0) is 91.7 Å². The van der Waals surface area contributed by atoms with Gasteiger partial charge < -0.3 is 4.90 Å². The van der Waals surface area contributed by atoms with Gasteiger partial charge in [0.1, 0.15) is 0 Å². The van der Waals surface area contributed by atoms with E-state index in [4.69, 9.17) is 0 Å². The molecule has 0 radical (unpaired) electrons. The third-order valence-electron chi connectivity index (χ3n) is 8.61. The van der Waals surface area contributed by atoms with Gasteiger partial charge in [-0.25, -0.2) is 0 Å². The number of pyridine rings is 1. The Morgan fingerprint density at radius 2 is 1.26 bits per heavy atom. The number of aromatic nitrogens is 1. The largest absolute Gasteiger partial charge is 0.309 e. The van der Waals surface area contributed by atoms with Crippen LogP contribution in [-0.4, -0.2) is 4.98 Å². The van der Waals surface area contributed by atoms with Crippen molar-refractivity contribution in [3.05, 3.63) is 130 Å². The molecule has 2 aliphatic heterocycles. The van der Waals surface area contributed by atoms with Gasteiger partial charge in [-0.1, -0.05) is 60.7 Å². The van der Waals surface area contributed by atoms with E-state index in [-0.39, 0.29) is 0 Å². The number of fused-ring (bicyclic) bond motifs is 12. The van der Waals surface area contributed by atoms with E-state index in [9.17, 15) is 0 Å². The van der Waals surface area contributed by atoms with Crippen LogP contribution in [0.1, 0.15) is 44.5 Å². The van der Waals surface area contributed by atoms with Gasteiger partial charge in [0.2, 0.25) is 0 Å². The molecule has 4 aliphatic rings. The third kappa shape index (κ3) is 2.23. The fourth-order valence-corrected chi connectivity index (χ4v) is 7.23. The number of hydrogen-bond acceptors (Lipinski definition) is 2. The van der Waals surface area contributed by atoms with Crippen LogP contribution >= 0.6 is 0 Å². The summed E-state index contributed by atoms with van der Waals surface area (Å²) in [6.45, 7) is 0. The maximum atomic E-state index is 4.45. The second kappa shape index (κ2) is 6.28. The molecule has 0 spiro atoms. The van der Waals surface area contributed by atoms with Crippen molar-refractivity contribution in [1.29, 1.82) is 0 Å². The maximum Gasteiger partial charge on any atom is 0.0532 e. The van der Waals surface area contributed by atoms with Crippen LogP contribution in [0, 0.1) is 0 Å². The SMILES string of the molecule is c1ccc2c(c1)Cc1ccc3c(c1-2)Cc1ccc2c(c1-3)Cc1cccc3c1N2c1ccncc1C3. The summed E-state index contributed by atoms with van der Waals surface area (Å²) < 4.78 is 0. The third-order valence-corrected chi connectivity index (χ3v) is 8.61. The quantitative estimate of drug-likeness (QED) is 0.240. The number of anilines is 3. The fraction of sp³-hybridized carbons (Fsp3) is 0.121. The highest BCUT2D eigenvalue weighted by Crippen LogP contribution is 2.55. The van der Waals surface area contributed by atoms with E-state index in [1.54, 1.807) is 0 Å². The number of nitrogens with zero attached hydrogens (tertiary/aromatic N) is 2. The van der Waals surface area contributed by atoms with Crippen LogP contribution in [0.4, 0.5) is 17.1 Å². The van der Waals surface area contributed by atoms with Gasteiger partial charge in [0.25, 0.3) is 0 Å². The van der Waals surface area contributed by atoms with Gasteiger partial charge in [-0.3, -0.25) is 4.98 Å². The minimum atomic E-state index is 0.956. The highest BCUT2D eigenvalue weighted by Gasteiger charge is 2.36. The van der Waals surface area contributed by atoms with E-state index in [2.05, 4.69) is 82.7 Å². The molecule has 0 amide bonds. The standard InChI is InChI=1S/C33H22N2/c1-2-7-25-19(4-1)14-20-8-10-26-27(31(20)25)16-21-9-11-30-28(32(21)26)17-23-6-3-5-22-15-24-18-34-13-12-29(24)35(30)33(22)23/h1-13,18H,14-17H2. The summed E-state index contributed by atoms with van der Waals surface area (Å²) >= 11 is 0. The molecule has 5 aromatic rings. The van der Waals surface area contributed by atoms with Crippen molar-refractivity contribution in [3.63, 3.8) is 0 Å². The molecule has 164 valence electrons. The van der Waals surface area contributed by atoms with Gasteiger partial charge in [0, 0.05) is 25.2 Å². The summed E-state index contributed by atoms with van der Waals surface area (Å²) in [5.74, 6) is 0. The first-order chi connectivity index (χ1) is 17.3. The molecule has 9 rings (SSSR count). The minimum Gasteiger partial charge on any atom is -0.309 e. The van der Waals surface area contributed by atoms with Crippen LogP contribution in [0.2, 0.25) is 0 Å². The summed E-state index contributed by atoms with van der Waals surface area (Å²) in [6, 6.07) is 27.6. The molecule has 0 N–H and O–H groups in total. The molecule has 0 saturated carbocycles. The minimum absolute atomic E-state index is 0.956. The van der Waals surface area contributed by atoms with Crippen LogP contribution in [-0.2, 0) is 25.7 Å². The smallest absolute Gasteiger partial charge is 0.0532 e. The Bertz CT molecular complexity index is 1760. The van der Waals surface area contributed by atoms with Crippen molar-refractivity contribution in [2.24, 2.45) is 0 Å². The predicted molar refractivity (Wildman–Crippen MR) is 141 cm³/mol. The first kappa shape index (κ1) is 18.2. The molecule has 2 nitrogen and oxygen atoms in total. The molecular formula is C33H22N2. The Morgan fingerprint density at radius 1 is 0.514 bits per heavy atom. The summed E-state index contributed by atoms with van der Waals surface area (Å²) in [4.78, 5) is 6.97. The highest BCUT2D eigenvalue weighted by molar-refractivity contribution is 5.97. The van der Waals surface area contributed by atoms with E-state index in [0.717, 1.165) is 25.7 Å². The normalized spacial score (nSPS) is 14.9. The zero-order valence-corrected chi connectivity index (χ0v) is 19.3. The molecule has 0 saturated heterocycles.